The van der Waals surface area contributed by atoms with Gasteiger partial charge in [0, 0.05) is 29.3 Å². The molecule has 0 saturated carbocycles. The predicted molar refractivity (Wildman–Crippen MR) is 98.0 cm³/mol. The molecule has 2 N–H and O–H groups in total. The number of hydrogen-bond acceptors (Lipinski definition) is 3. The topological polar surface area (TPSA) is 71.1 Å². The highest BCUT2D eigenvalue weighted by atomic mass is 19.4. The van der Waals surface area contributed by atoms with Gasteiger partial charge in [0.1, 0.15) is 0 Å². The predicted octanol–water partition coefficient (Wildman–Crippen LogP) is 4.61. The molecule has 0 aliphatic heterocycles. The third-order valence-corrected chi connectivity index (χ3v) is 3.80. The van der Waals surface area contributed by atoms with Crippen molar-refractivity contribution in [3.05, 3.63) is 89.7 Å². The minimum Gasteiger partial charge on any atom is -0.322 e. The number of anilines is 2. The zero-order valence-electron chi connectivity index (χ0n) is 14.3. The number of halogens is 3. The summed E-state index contributed by atoms with van der Waals surface area (Å²) in [6, 6.07) is 13.6. The molecule has 0 fully saturated rings. The first kappa shape index (κ1) is 19.1. The number of aromatic nitrogens is 1. The number of pyridine rings is 1. The zero-order chi connectivity index (χ0) is 20.1. The second-order valence-electron chi connectivity index (χ2n) is 5.77. The monoisotopic (exact) mass is 385 g/mol. The van der Waals surface area contributed by atoms with Crippen LogP contribution >= 0.6 is 0 Å². The second kappa shape index (κ2) is 7.91. The van der Waals surface area contributed by atoms with Crippen molar-refractivity contribution >= 4 is 23.2 Å². The van der Waals surface area contributed by atoms with E-state index >= 15 is 0 Å². The lowest BCUT2D eigenvalue weighted by molar-refractivity contribution is -0.137. The molecule has 142 valence electrons. The molecule has 3 rings (SSSR count). The van der Waals surface area contributed by atoms with E-state index in [4.69, 9.17) is 0 Å². The number of benzene rings is 2. The molecular formula is C20H14F3N3O2. The Morgan fingerprint density at radius 3 is 2.18 bits per heavy atom. The average Bonchev–Trinajstić information content (AvgIpc) is 2.68. The SMILES string of the molecule is O=C(Nc1ccncc1)c1cccc(NC(=O)c2ccccc2C(F)(F)F)c1. The van der Waals surface area contributed by atoms with E-state index in [1.165, 1.54) is 48.8 Å². The molecule has 0 bridgehead atoms. The highest BCUT2D eigenvalue weighted by Gasteiger charge is 2.34. The van der Waals surface area contributed by atoms with Crippen LogP contribution in [0.25, 0.3) is 0 Å². The Hall–Kier alpha value is -3.68. The molecule has 2 aromatic carbocycles. The van der Waals surface area contributed by atoms with E-state index in [-0.39, 0.29) is 11.3 Å². The quantitative estimate of drug-likeness (QED) is 0.689. The summed E-state index contributed by atoms with van der Waals surface area (Å²) in [5, 5.41) is 5.06. The van der Waals surface area contributed by atoms with Crippen molar-refractivity contribution in [1.82, 2.24) is 4.98 Å². The second-order valence-corrected chi connectivity index (χ2v) is 5.77. The maximum Gasteiger partial charge on any atom is 0.417 e. The lowest BCUT2D eigenvalue weighted by atomic mass is 10.1. The number of amides is 2. The maximum absolute atomic E-state index is 13.1. The molecule has 0 aliphatic rings. The first-order chi connectivity index (χ1) is 13.3. The van der Waals surface area contributed by atoms with Gasteiger partial charge in [-0.05, 0) is 42.5 Å². The number of rotatable bonds is 4. The van der Waals surface area contributed by atoms with Crippen molar-refractivity contribution in [3.63, 3.8) is 0 Å². The van der Waals surface area contributed by atoms with E-state index in [1.807, 2.05) is 0 Å². The highest BCUT2D eigenvalue weighted by molar-refractivity contribution is 6.08. The van der Waals surface area contributed by atoms with Crippen molar-refractivity contribution in [2.45, 2.75) is 6.18 Å². The third-order valence-electron chi connectivity index (χ3n) is 3.80. The Balaban J connectivity index is 1.78. The van der Waals surface area contributed by atoms with Crippen molar-refractivity contribution < 1.29 is 22.8 Å². The lowest BCUT2D eigenvalue weighted by Gasteiger charge is -2.13. The van der Waals surface area contributed by atoms with Gasteiger partial charge in [-0.15, -0.1) is 0 Å². The van der Waals surface area contributed by atoms with E-state index < -0.39 is 29.1 Å². The van der Waals surface area contributed by atoms with Crippen LogP contribution in [0.4, 0.5) is 24.5 Å². The number of carbonyl (C=O) groups is 2. The van der Waals surface area contributed by atoms with Crippen molar-refractivity contribution in [3.8, 4) is 0 Å². The molecule has 8 heteroatoms. The summed E-state index contributed by atoms with van der Waals surface area (Å²) in [5.74, 6) is -1.35. The first-order valence-corrected chi connectivity index (χ1v) is 8.13. The van der Waals surface area contributed by atoms with Gasteiger partial charge in [-0.25, -0.2) is 0 Å². The Labute approximate surface area is 158 Å². The van der Waals surface area contributed by atoms with Gasteiger partial charge in [0.15, 0.2) is 0 Å². The fourth-order valence-corrected chi connectivity index (χ4v) is 2.50. The zero-order valence-corrected chi connectivity index (χ0v) is 14.3. The molecule has 2 amide bonds. The fourth-order valence-electron chi connectivity index (χ4n) is 2.50. The summed E-state index contributed by atoms with van der Waals surface area (Å²) in [6.07, 6.45) is -1.62. The first-order valence-electron chi connectivity index (χ1n) is 8.13. The largest absolute Gasteiger partial charge is 0.417 e. The van der Waals surface area contributed by atoms with Crippen molar-refractivity contribution in [1.29, 1.82) is 0 Å². The normalized spacial score (nSPS) is 11.0. The van der Waals surface area contributed by atoms with Crippen LogP contribution in [0.15, 0.2) is 73.1 Å². The number of hydrogen-bond donors (Lipinski definition) is 2. The molecule has 0 radical (unpaired) electrons. The molecular weight excluding hydrogens is 371 g/mol. The van der Waals surface area contributed by atoms with Crippen molar-refractivity contribution in [2.75, 3.05) is 10.6 Å². The van der Waals surface area contributed by atoms with Gasteiger partial charge in [-0.3, -0.25) is 14.6 Å². The Morgan fingerprint density at radius 1 is 0.786 bits per heavy atom. The minimum atomic E-state index is -4.65. The summed E-state index contributed by atoms with van der Waals surface area (Å²) < 4.78 is 39.3. The van der Waals surface area contributed by atoms with E-state index in [2.05, 4.69) is 15.6 Å². The van der Waals surface area contributed by atoms with E-state index in [0.717, 1.165) is 12.1 Å². The van der Waals surface area contributed by atoms with Crippen LogP contribution in [-0.2, 0) is 6.18 Å². The smallest absolute Gasteiger partial charge is 0.322 e. The fraction of sp³-hybridized carbons (Fsp3) is 0.0500. The van der Waals surface area contributed by atoms with Gasteiger partial charge in [-0.1, -0.05) is 18.2 Å². The van der Waals surface area contributed by atoms with Gasteiger partial charge < -0.3 is 10.6 Å². The van der Waals surface area contributed by atoms with Gasteiger partial charge in [0.25, 0.3) is 11.8 Å². The molecule has 0 spiro atoms. The summed E-state index contributed by atoms with van der Waals surface area (Å²) in [4.78, 5) is 28.5. The molecule has 0 saturated heterocycles. The molecule has 3 aromatic rings. The van der Waals surface area contributed by atoms with Crippen LogP contribution in [0.1, 0.15) is 26.3 Å². The van der Waals surface area contributed by atoms with Gasteiger partial charge in [0.05, 0.1) is 11.1 Å². The number of nitrogens with one attached hydrogen (secondary N) is 2. The van der Waals surface area contributed by atoms with Crippen LogP contribution in [0.3, 0.4) is 0 Å². The van der Waals surface area contributed by atoms with Crippen molar-refractivity contribution in [2.24, 2.45) is 0 Å². The number of carbonyl (C=O) groups excluding carboxylic acids is 2. The molecule has 0 atom stereocenters. The summed E-state index contributed by atoms with van der Waals surface area (Å²) >= 11 is 0. The molecule has 1 heterocycles. The van der Waals surface area contributed by atoms with Crippen LogP contribution in [0.2, 0.25) is 0 Å². The number of alkyl halides is 3. The Morgan fingerprint density at radius 2 is 1.46 bits per heavy atom. The van der Waals surface area contributed by atoms with Gasteiger partial charge in [0.2, 0.25) is 0 Å². The van der Waals surface area contributed by atoms with Crippen LogP contribution in [0, 0.1) is 0 Å². The molecule has 5 nitrogen and oxygen atoms in total. The summed E-state index contributed by atoms with van der Waals surface area (Å²) in [7, 11) is 0. The Kier molecular flexibility index (Phi) is 5.39. The summed E-state index contributed by atoms with van der Waals surface area (Å²) in [5.41, 5.74) is -0.558. The molecule has 28 heavy (non-hydrogen) atoms. The van der Waals surface area contributed by atoms with Crippen LogP contribution in [-0.4, -0.2) is 16.8 Å². The molecule has 0 aliphatic carbocycles. The van der Waals surface area contributed by atoms with Crippen LogP contribution in [0.5, 0.6) is 0 Å². The highest BCUT2D eigenvalue weighted by Crippen LogP contribution is 2.32. The number of nitrogens with zero attached hydrogens (tertiary/aromatic N) is 1. The van der Waals surface area contributed by atoms with E-state index in [1.54, 1.807) is 12.1 Å². The van der Waals surface area contributed by atoms with Gasteiger partial charge in [-0.2, -0.15) is 13.2 Å². The minimum absolute atomic E-state index is 0.198. The van der Waals surface area contributed by atoms with E-state index in [9.17, 15) is 22.8 Å². The standard InChI is InChI=1S/C20H14F3N3O2/c21-20(22,23)17-7-2-1-6-16(17)19(28)26-15-5-3-4-13(12-15)18(27)25-14-8-10-24-11-9-14/h1-12H,(H,26,28)(H,24,25,27). The van der Waals surface area contributed by atoms with E-state index in [0.29, 0.717) is 5.69 Å². The average molecular weight is 385 g/mol. The Bertz CT molecular complexity index is 1000. The van der Waals surface area contributed by atoms with Crippen LogP contribution < -0.4 is 10.6 Å². The molecule has 0 unspecified atom stereocenters. The maximum atomic E-state index is 13.1. The lowest BCUT2D eigenvalue weighted by Crippen LogP contribution is -2.19. The summed E-state index contributed by atoms with van der Waals surface area (Å²) in [6.45, 7) is 0. The third kappa shape index (κ3) is 4.53. The molecule has 1 aromatic heterocycles. The van der Waals surface area contributed by atoms with Gasteiger partial charge >= 0.3 is 6.18 Å².